The van der Waals surface area contributed by atoms with Crippen LogP contribution >= 0.6 is 11.8 Å². The molecule has 3 saturated carbocycles. The van der Waals surface area contributed by atoms with Crippen LogP contribution in [0.1, 0.15) is 125 Å². The predicted octanol–water partition coefficient (Wildman–Crippen LogP) is 6.24. The normalized spacial score (nSPS) is 33.2. The number of ketones is 1. The van der Waals surface area contributed by atoms with Crippen LogP contribution in [0.15, 0.2) is 40.4 Å². The highest BCUT2D eigenvalue weighted by Crippen LogP contribution is 2.65. The van der Waals surface area contributed by atoms with Gasteiger partial charge in [0.05, 0.1) is 0 Å². The summed E-state index contributed by atoms with van der Waals surface area (Å²) in [5.41, 5.74) is 2.84. The molecule has 6 aliphatic rings. The molecule has 2 saturated heterocycles. The number of hydrogen-bond donors (Lipinski definition) is 3. The van der Waals surface area contributed by atoms with E-state index in [1.54, 1.807) is 45.0 Å². The third-order valence-corrected chi connectivity index (χ3v) is 16.3. The lowest BCUT2D eigenvalue weighted by Gasteiger charge is -2.57. The summed E-state index contributed by atoms with van der Waals surface area (Å²) in [6, 6.07) is 4.73. The largest absolute Gasteiger partial charge is 0.480 e. The first-order chi connectivity index (χ1) is 27.5. The Balaban J connectivity index is 0.790. The lowest BCUT2D eigenvalue weighted by atomic mass is 9.48. The molecule has 58 heavy (non-hydrogen) atoms. The molecule has 3 N–H and O–H groups in total. The Morgan fingerprint density at radius 3 is 2.50 bits per heavy atom. The average molecular weight is 815 g/mol. The summed E-state index contributed by atoms with van der Waals surface area (Å²) >= 11 is 1.34. The molecule has 4 aliphatic carbocycles. The van der Waals surface area contributed by atoms with Gasteiger partial charge in [0.1, 0.15) is 46.4 Å². The number of aromatic nitrogens is 1. The van der Waals surface area contributed by atoms with E-state index in [-0.39, 0.29) is 45.8 Å². The van der Waals surface area contributed by atoms with Gasteiger partial charge in [0.2, 0.25) is 5.91 Å². The molecular weight excluding hydrogens is 761 g/mol. The van der Waals surface area contributed by atoms with Gasteiger partial charge in [-0.3, -0.25) is 24.0 Å². The number of unbranched alkanes of at least 4 members (excludes halogenated alkanes) is 1. The number of fused-ring (bicyclic) bond motifs is 6. The van der Waals surface area contributed by atoms with Crippen LogP contribution in [-0.4, -0.2) is 85.5 Å². The molecule has 9 atom stereocenters. The number of carbonyl (C=O) groups excluding carboxylic acids is 5. The predicted molar refractivity (Wildman–Crippen MR) is 214 cm³/mol. The van der Waals surface area contributed by atoms with Crippen LogP contribution in [0.25, 0.3) is 11.3 Å². The molecule has 3 heterocycles. The number of Topliss-reactive ketones (excluding diaryl/α,β-unsaturated/α-hetero) is 1. The van der Waals surface area contributed by atoms with E-state index < -0.39 is 40.0 Å². The van der Waals surface area contributed by atoms with Gasteiger partial charge in [-0.1, -0.05) is 42.8 Å². The van der Waals surface area contributed by atoms with Crippen molar-refractivity contribution in [2.24, 2.45) is 28.6 Å². The molecule has 0 spiro atoms. The number of carboxylic acid groups (broad SMARTS) is 1. The van der Waals surface area contributed by atoms with Gasteiger partial charge in [0, 0.05) is 47.1 Å². The highest BCUT2D eigenvalue weighted by molar-refractivity contribution is 8.01. The van der Waals surface area contributed by atoms with Crippen LogP contribution in [0, 0.1) is 35.5 Å². The second-order valence-electron chi connectivity index (χ2n) is 18.4. The molecule has 5 fully saturated rings. The third-order valence-electron chi connectivity index (χ3n) is 14.7. The lowest BCUT2D eigenvalue weighted by molar-refractivity contribution is -0.159. The quantitative estimate of drug-likeness (QED) is 0.101. The number of esters is 1. The number of benzene rings is 1. The first-order valence-electron chi connectivity index (χ1n) is 20.8. The van der Waals surface area contributed by atoms with Crippen molar-refractivity contribution >= 4 is 47.2 Å². The van der Waals surface area contributed by atoms with Crippen molar-refractivity contribution < 1.29 is 43.1 Å². The fourth-order valence-corrected chi connectivity index (χ4v) is 13.1. The molecule has 1 aromatic heterocycles. The Morgan fingerprint density at radius 2 is 1.76 bits per heavy atom. The van der Waals surface area contributed by atoms with E-state index in [1.807, 2.05) is 0 Å². The number of nitrogens with one attached hydrogen (secondary N) is 2. The highest BCUT2D eigenvalue weighted by atomic mass is 32.2. The van der Waals surface area contributed by atoms with Gasteiger partial charge < -0.3 is 29.9 Å². The molecule has 8 rings (SSSR count). The number of hydrogen-bond acceptors (Lipinski definition) is 10. The zero-order valence-electron chi connectivity index (χ0n) is 33.9. The molecule has 13 nitrogen and oxygen atoms in total. The molecule has 310 valence electrons. The average Bonchev–Trinajstić information content (AvgIpc) is 3.82. The van der Waals surface area contributed by atoms with Crippen LogP contribution in [0.2, 0.25) is 0 Å². The SMILES string of the molecule is Cc1onc(-c2ccc(C(=O)NCCCCC(=O)OC3CCC4C5CC=C6CC(=O)CCC6(C)C5CCC34C)cc2)c1C(=O)NC1C(=O)N2C1SC(C)(C)C2C(=O)O. The summed E-state index contributed by atoms with van der Waals surface area (Å²) in [6.07, 6.45) is 11.3. The number of amides is 3. The van der Waals surface area contributed by atoms with Crippen LogP contribution in [0.5, 0.6) is 0 Å². The number of aryl methyl sites for hydroxylation is 1. The number of thioether (sulfide) groups is 1. The maximum atomic E-state index is 13.5. The zero-order chi connectivity index (χ0) is 41.3. The van der Waals surface area contributed by atoms with E-state index in [9.17, 15) is 33.9 Å². The number of ether oxygens (including phenoxy) is 1. The smallest absolute Gasteiger partial charge is 0.327 e. The monoisotopic (exact) mass is 814 g/mol. The standard InChI is InChI=1S/C44H54N4O9S/c1-23-33(38(52)46-35-39(53)48-36(41(54)55)42(2,3)58-40(35)48)34(47-57-23)24-9-11-25(12-10-24)37(51)45-21-7-6-8-32(50)56-31-16-15-29-28-14-13-26-22-27(49)17-19-43(26,4)30(28)18-20-44(29,31)5/h9-13,28-31,35-36,40H,6-8,14-22H2,1-5H3,(H,45,51)(H,46,52)(H,54,55). The Kier molecular flexibility index (Phi) is 10.4. The Hall–Kier alpha value is -4.46. The number of nitrogens with zero attached hydrogens (tertiary/aromatic N) is 2. The Bertz CT molecular complexity index is 2080. The van der Waals surface area contributed by atoms with Gasteiger partial charge in [0.25, 0.3) is 11.8 Å². The summed E-state index contributed by atoms with van der Waals surface area (Å²) in [4.78, 5) is 77.9. The second-order valence-corrected chi connectivity index (χ2v) is 20.1. The van der Waals surface area contributed by atoms with Crippen molar-refractivity contribution in [1.29, 1.82) is 0 Å². The highest BCUT2D eigenvalue weighted by Gasteiger charge is 2.64. The van der Waals surface area contributed by atoms with E-state index in [2.05, 4.69) is 35.7 Å². The Labute approximate surface area is 342 Å². The maximum absolute atomic E-state index is 13.5. The summed E-state index contributed by atoms with van der Waals surface area (Å²) in [5.74, 6) is -0.217. The Morgan fingerprint density at radius 1 is 1.00 bits per heavy atom. The molecule has 0 bridgehead atoms. The van der Waals surface area contributed by atoms with E-state index in [0.29, 0.717) is 73.3 Å². The van der Waals surface area contributed by atoms with Gasteiger partial charge in [-0.2, -0.15) is 0 Å². The number of rotatable bonds is 11. The zero-order valence-corrected chi connectivity index (χ0v) is 34.7. The molecule has 9 unspecified atom stereocenters. The number of carboxylic acids is 1. The molecule has 2 aliphatic heterocycles. The van der Waals surface area contributed by atoms with Gasteiger partial charge in [-0.15, -0.1) is 11.8 Å². The molecule has 14 heteroatoms. The van der Waals surface area contributed by atoms with Crippen molar-refractivity contribution in [3.63, 3.8) is 0 Å². The third kappa shape index (κ3) is 6.76. The number of β-lactam (4-membered cyclic amide) rings is 1. The molecule has 1 aromatic carbocycles. The fraction of sp³-hybridized carbons (Fsp3) is 0.614. The summed E-state index contributed by atoms with van der Waals surface area (Å²) < 4.78 is 10.8. The van der Waals surface area contributed by atoms with Crippen LogP contribution in [0.3, 0.4) is 0 Å². The summed E-state index contributed by atoms with van der Waals surface area (Å²) in [6.45, 7) is 10.3. The molecule has 0 radical (unpaired) electrons. The van der Waals surface area contributed by atoms with Crippen LogP contribution < -0.4 is 10.6 Å². The first-order valence-corrected chi connectivity index (χ1v) is 21.7. The number of aliphatic carboxylic acids is 1. The van der Waals surface area contributed by atoms with Gasteiger partial charge >= 0.3 is 11.9 Å². The van der Waals surface area contributed by atoms with Crippen molar-refractivity contribution in [1.82, 2.24) is 20.7 Å². The molecular formula is C44H54N4O9S. The maximum Gasteiger partial charge on any atom is 0.327 e. The number of allylic oxidation sites excluding steroid dienone is 2. The minimum absolute atomic E-state index is 0.0206. The van der Waals surface area contributed by atoms with Crippen LogP contribution in [-0.2, 0) is 23.9 Å². The fourth-order valence-electron chi connectivity index (χ4n) is 11.5. The van der Waals surface area contributed by atoms with Crippen molar-refractivity contribution in [2.75, 3.05) is 6.54 Å². The summed E-state index contributed by atoms with van der Waals surface area (Å²) in [5, 5.41) is 19.0. The van der Waals surface area contributed by atoms with Gasteiger partial charge in [-0.05, 0) is 107 Å². The first kappa shape index (κ1) is 40.3. The van der Waals surface area contributed by atoms with Crippen LogP contribution in [0.4, 0.5) is 0 Å². The number of carbonyl (C=O) groups is 6. The van der Waals surface area contributed by atoms with E-state index >= 15 is 0 Å². The van der Waals surface area contributed by atoms with E-state index in [4.69, 9.17) is 9.26 Å². The van der Waals surface area contributed by atoms with Gasteiger partial charge in [-0.25, -0.2) is 4.79 Å². The second kappa shape index (κ2) is 15.0. The van der Waals surface area contributed by atoms with Crippen molar-refractivity contribution in [3.8, 4) is 11.3 Å². The lowest BCUT2D eigenvalue weighted by Crippen LogP contribution is -2.70. The summed E-state index contributed by atoms with van der Waals surface area (Å²) in [7, 11) is 0. The van der Waals surface area contributed by atoms with Gasteiger partial charge in [0.15, 0.2) is 0 Å². The minimum Gasteiger partial charge on any atom is -0.480 e. The topological polar surface area (TPSA) is 185 Å². The van der Waals surface area contributed by atoms with E-state index in [1.165, 1.54) is 22.2 Å². The minimum atomic E-state index is -1.08. The molecule has 2 aromatic rings. The van der Waals surface area contributed by atoms with Crippen molar-refractivity contribution in [2.45, 2.75) is 134 Å². The molecule has 3 amide bonds. The van der Waals surface area contributed by atoms with Crippen molar-refractivity contribution in [3.05, 3.63) is 52.8 Å². The van der Waals surface area contributed by atoms with E-state index in [0.717, 1.165) is 38.5 Å².